The molecule has 1 fully saturated rings. The van der Waals surface area contributed by atoms with Crippen molar-refractivity contribution in [2.45, 2.75) is 25.6 Å². The fourth-order valence-corrected chi connectivity index (χ4v) is 3.23. The zero-order chi connectivity index (χ0) is 14.7. The summed E-state index contributed by atoms with van der Waals surface area (Å²) in [6.45, 7) is 5.45. The summed E-state index contributed by atoms with van der Waals surface area (Å²) in [6.07, 6.45) is 0. The Labute approximate surface area is 140 Å². The van der Waals surface area contributed by atoms with Gasteiger partial charge in [0.2, 0.25) is 0 Å². The van der Waals surface area contributed by atoms with Crippen molar-refractivity contribution in [2.24, 2.45) is 0 Å². The van der Waals surface area contributed by atoms with Gasteiger partial charge in [0.15, 0.2) is 0 Å². The number of rotatable bonds is 3. The zero-order valence-corrected chi connectivity index (χ0v) is 14.5. The summed E-state index contributed by atoms with van der Waals surface area (Å²) in [6, 6.07) is 20.6. The second-order valence-electron chi connectivity index (χ2n) is 5.78. The molecule has 2 unspecified atom stereocenters. The van der Waals surface area contributed by atoms with Gasteiger partial charge in [-0.15, -0.1) is 0 Å². The molecule has 1 aliphatic heterocycles. The Morgan fingerprint density at radius 1 is 1.10 bits per heavy atom. The molecule has 0 radical (unpaired) electrons. The van der Waals surface area contributed by atoms with Crippen LogP contribution in [-0.4, -0.2) is 24.0 Å². The van der Waals surface area contributed by atoms with Gasteiger partial charge in [-0.1, -0.05) is 42.5 Å². The van der Waals surface area contributed by atoms with Crippen LogP contribution in [0.3, 0.4) is 0 Å². The minimum atomic E-state index is 0.436. The molecule has 0 bridgehead atoms. The number of hydrogen-bond donors (Lipinski definition) is 1. The maximum atomic E-state index is 3.67. The summed E-state index contributed by atoms with van der Waals surface area (Å²) in [5.41, 5.74) is 2.79. The normalized spacial score (nSPS) is 23.1. The molecule has 2 aromatic carbocycles. The first-order valence-corrected chi connectivity index (χ1v) is 8.57. The van der Waals surface area contributed by atoms with Crippen LogP contribution >= 0.6 is 22.6 Å². The van der Waals surface area contributed by atoms with Crippen molar-refractivity contribution in [3.8, 4) is 0 Å². The van der Waals surface area contributed by atoms with Crippen LogP contribution in [-0.2, 0) is 6.54 Å². The lowest BCUT2D eigenvalue weighted by Crippen LogP contribution is -2.50. The Kier molecular flexibility index (Phi) is 4.93. The third kappa shape index (κ3) is 3.84. The monoisotopic (exact) mass is 392 g/mol. The predicted octanol–water partition coefficient (Wildman–Crippen LogP) is 3.83. The van der Waals surface area contributed by atoms with E-state index in [0.717, 1.165) is 19.6 Å². The average molecular weight is 392 g/mol. The lowest BCUT2D eigenvalue weighted by atomic mass is 10.0. The highest BCUT2D eigenvalue weighted by Crippen LogP contribution is 2.21. The molecule has 21 heavy (non-hydrogen) atoms. The quantitative estimate of drug-likeness (QED) is 0.799. The zero-order valence-electron chi connectivity index (χ0n) is 12.3. The Morgan fingerprint density at radius 3 is 2.52 bits per heavy atom. The van der Waals surface area contributed by atoms with Gasteiger partial charge in [0.05, 0.1) is 0 Å². The number of hydrogen-bond acceptors (Lipinski definition) is 2. The summed E-state index contributed by atoms with van der Waals surface area (Å²) < 4.78 is 1.30. The first kappa shape index (κ1) is 15.0. The Balaban J connectivity index is 1.70. The lowest BCUT2D eigenvalue weighted by Gasteiger charge is -2.39. The maximum Gasteiger partial charge on any atom is 0.0450 e. The van der Waals surface area contributed by atoms with E-state index in [1.807, 2.05) is 0 Å². The van der Waals surface area contributed by atoms with E-state index in [-0.39, 0.29) is 0 Å². The van der Waals surface area contributed by atoms with E-state index in [0.29, 0.717) is 12.1 Å². The molecule has 0 aliphatic carbocycles. The fraction of sp³-hybridized carbons (Fsp3) is 0.333. The number of nitrogens with zero attached hydrogens (tertiary/aromatic N) is 1. The second kappa shape index (κ2) is 6.90. The summed E-state index contributed by atoms with van der Waals surface area (Å²) in [5.74, 6) is 0. The van der Waals surface area contributed by atoms with Gasteiger partial charge in [0.25, 0.3) is 0 Å². The summed E-state index contributed by atoms with van der Waals surface area (Å²) >= 11 is 2.36. The fourth-order valence-electron chi connectivity index (χ4n) is 2.87. The van der Waals surface area contributed by atoms with Crippen LogP contribution in [0.2, 0.25) is 0 Å². The van der Waals surface area contributed by atoms with E-state index in [1.54, 1.807) is 0 Å². The molecule has 0 aromatic heterocycles. The van der Waals surface area contributed by atoms with Gasteiger partial charge in [-0.05, 0) is 52.8 Å². The molecular formula is C18H21IN2. The molecule has 2 atom stereocenters. The van der Waals surface area contributed by atoms with Crippen molar-refractivity contribution in [1.29, 1.82) is 0 Å². The van der Waals surface area contributed by atoms with E-state index >= 15 is 0 Å². The SMILES string of the molecule is CC1CNC(c2ccccc2)CN1Cc1ccc(I)cc1. The van der Waals surface area contributed by atoms with Crippen molar-refractivity contribution in [1.82, 2.24) is 10.2 Å². The number of piperazine rings is 1. The lowest BCUT2D eigenvalue weighted by molar-refractivity contribution is 0.133. The molecule has 0 spiro atoms. The number of halogens is 1. The highest BCUT2D eigenvalue weighted by Gasteiger charge is 2.25. The summed E-state index contributed by atoms with van der Waals surface area (Å²) in [4.78, 5) is 2.58. The third-order valence-electron chi connectivity index (χ3n) is 4.20. The van der Waals surface area contributed by atoms with E-state index in [9.17, 15) is 0 Å². The standard InChI is InChI=1S/C18H21IN2/c1-14-11-20-18(16-5-3-2-4-6-16)13-21(14)12-15-7-9-17(19)10-8-15/h2-10,14,18,20H,11-13H2,1H3. The average Bonchev–Trinajstić information content (AvgIpc) is 2.52. The number of nitrogens with one attached hydrogen (secondary N) is 1. The van der Waals surface area contributed by atoms with E-state index in [2.05, 4.69) is 94.3 Å². The van der Waals surface area contributed by atoms with Crippen molar-refractivity contribution in [3.05, 3.63) is 69.3 Å². The van der Waals surface area contributed by atoms with Gasteiger partial charge in [0.1, 0.15) is 0 Å². The van der Waals surface area contributed by atoms with Crippen LogP contribution in [0.4, 0.5) is 0 Å². The molecule has 1 N–H and O–H groups in total. The molecule has 1 heterocycles. The van der Waals surface area contributed by atoms with E-state index in [1.165, 1.54) is 14.7 Å². The van der Waals surface area contributed by atoms with Crippen LogP contribution in [0.25, 0.3) is 0 Å². The third-order valence-corrected chi connectivity index (χ3v) is 4.92. The molecule has 1 aliphatic rings. The molecule has 2 aromatic rings. The van der Waals surface area contributed by atoms with Crippen molar-refractivity contribution < 1.29 is 0 Å². The van der Waals surface area contributed by atoms with Gasteiger partial charge >= 0.3 is 0 Å². The van der Waals surface area contributed by atoms with Gasteiger partial charge < -0.3 is 5.32 Å². The first-order valence-electron chi connectivity index (χ1n) is 7.49. The van der Waals surface area contributed by atoms with Crippen molar-refractivity contribution in [2.75, 3.05) is 13.1 Å². The summed E-state index contributed by atoms with van der Waals surface area (Å²) in [5, 5.41) is 3.67. The van der Waals surface area contributed by atoms with Crippen LogP contribution in [0.15, 0.2) is 54.6 Å². The topological polar surface area (TPSA) is 15.3 Å². The van der Waals surface area contributed by atoms with Crippen LogP contribution in [0.1, 0.15) is 24.1 Å². The Bertz CT molecular complexity index is 568. The largest absolute Gasteiger partial charge is 0.307 e. The molecule has 3 heteroatoms. The van der Waals surface area contributed by atoms with Gasteiger partial charge in [-0.25, -0.2) is 0 Å². The molecule has 0 amide bonds. The van der Waals surface area contributed by atoms with Crippen LogP contribution in [0.5, 0.6) is 0 Å². The van der Waals surface area contributed by atoms with Gasteiger partial charge in [0, 0.05) is 35.3 Å². The van der Waals surface area contributed by atoms with E-state index < -0.39 is 0 Å². The minimum absolute atomic E-state index is 0.436. The molecule has 3 rings (SSSR count). The summed E-state index contributed by atoms with van der Waals surface area (Å²) in [7, 11) is 0. The van der Waals surface area contributed by atoms with Crippen LogP contribution < -0.4 is 5.32 Å². The Hall–Kier alpha value is -0.910. The van der Waals surface area contributed by atoms with Crippen molar-refractivity contribution in [3.63, 3.8) is 0 Å². The van der Waals surface area contributed by atoms with Crippen LogP contribution in [0, 0.1) is 3.57 Å². The predicted molar refractivity (Wildman–Crippen MR) is 96.2 cm³/mol. The Morgan fingerprint density at radius 2 is 1.81 bits per heavy atom. The smallest absolute Gasteiger partial charge is 0.0450 e. The second-order valence-corrected chi connectivity index (χ2v) is 7.02. The van der Waals surface area contributed by atoms with E-state index in [4.69, 9.17) is 0 Å². The van der Waals surface area contributed by atoms with Crippen molar-refractivity contribution >= 4 is 22.6 Å². The molecule has 0 saturated carbocycles. The molecule has 2 nitrogen and oxygen atoms in total. The van der Waals surface area contributed by atoms with Gasteiger partial charge in [-0.2, -0.15) is 0 Å². The maximum absolute atomic E-state index is 3.67. The molecular weight excluding hydrogens is 371 g/mol. The molecule has 110 valence electrons. The number of benzene rings is 2. The highest BCUT2D eigenvalue weighted by molar-refractivity contribution is 14.1. The highest BCUT2D eigenvalue weighted by atomic mass is 127. The molecule has 1 saturated heterocycles. The van der Waals surface area contributed by atoms with Gasteiger partial charge in [-0.3, -0.25) is 4.90 Å². The minimum Gasteiger partial charge on any atom is -0.307 e. The first-order chi connectivity index (χ1) is 10.2.